The highest BCUT2D eigenvalue weighted by Crippen LogP contribution is 2.24. The predicted molar refractivity (Wildman–Crippen MR) is 113 cm³/mol. The molecule has 4 rings (SSSR count). The van der Waals surface area contributed by atoms with E-state index in [9.17, 15) is 13.2 Å². The van der Waals surface area contributed by atoms with Crippen molar-refractivity contribution in [2.45, 2.75) is 22.6 Å². The third-order valence-corrected chi connectivity index (χ3v) is 6.70. The molecule has 0 bridgehead atoms. The number of aromatic nitrogens is 2. The molecule has 0 radical (unpaired) electrons. The molecule has 2 aromatic heterocycles. The zero-order chi connectivity index (χ0) is 21.1. The second-order valence-corrected chi connectivity index (χ2v) is 8.81. The first-order valence-corrected chi connectivity index (χ1v) is 10.9. The van der Waals surface area contributed by atoms with Gasteiger partial charge in [-0.1, -0.05) is 24.3 Å². The van der Waals surface area contributed by atoms with Gasteiger partial charge in [-0.05, 0) is 48.4 Å². The zero-order valence-corrected chi connectivity index (χ0v) is 17.2. The first kappa shape index (κ1) is 19.8. The van der Waals surface area contributed by atoms with Crippen LogP contribution in [0.5, 0.6) is 5.75 Å². The smallest absolute Gasteiger partial charge is 0.206 e. The van der Waals surface area contributed by atoms with Crippen molar-refractivity contribution in [1.29, 1.82) is 0 Å². The number of aryl methyl sites for hydroxylation is 1. The van der Waals surface area contributed by atoms with Gasteiger partial charge >= 0.3 is 0 Å². The molecular formula is C23H20N2O4S. The Bertz CT molecular complexity index is 1310. The zero-order valence-electron chi connectivity index (χ0n) is 16.4. The maximum Gasteiger partial charge on any atom is 0.206 e. The van der Waals surface area contributed by atoms with Gasteiger partial charge in [-0.15, -0.1) is 0 Å². The van der Waals surface area contributed by atoms with Gasteiger partial charge in [0.25, 0.3) is 0 Å². The third kappa shape index (κ3) is 3.97. The fourth-order valence-electron chi connectivity index (χ4n) is 3.24. The van der Waals surface area contributed by atoms with E-state index in [4.69, 9.17) is 4.74 Å². The quantitative estimate of drug-likeness (QED) is 0.423. The van der Waals surface area contributed by atoms with Crippen molar-refractivity contribution in [1.82, 2.24) is 9.38 Å². The molecule has 152 valence electrons. The highest BCUT2D eigenvalue weighted by Gasteiger charge is 2.19. The van der Waals surface area contributed by atoms with Gasteiger partial charge in [0, 0.05) is 30.6 Å². The van der Waals surface area contributed by atoms with E-state index in [-0.39, 0.29) is 15.6 Å². The standard InChI is InChI=1S/C23H20N2O4S/c1-29-19-3-2-4-21(15-19)30(27,28)20-9-7-18(8-10-20)22(26)11-5-17-6-12-23-24-13-14-25(23)16-17/h2-4,6-10,12-16H,5,11H2,1H3. The molecule has 0 spiro atoms. The van der Waals surface area contributed by atoms with Crippen LogP contribution < -0.4 is 4.74 Å². The molecule has 0 aliphatic carbocycles. The summed E-state index contributed by atoms with van der Waals surface area (Å²) in [5.41, 5.74) is 2.38. The number of carbonyl (C=O) groups is 1. The van der Waals surface area contributed by atoms with Gasteiger partial charge in [-0.25, -0.2) is 13.4 Å². The Morgan fingerprint density at radius 2 is 1.83 bits per heavy atom. The van der Waals surface area contributed by atoms with Crippen LogP contribution in [-0.2, 0) is 16.3 Å². The maximum absolute atomic E-state index is 12.8. The molecule has 0 aliphatic rings. The molecule has 0 atom stereocenters. The summed E-state index contributed by atoms with van der Waals surface area (Å²) in [6.45, 7) is 0. The molecule has 2 heterocycles. The Balaban J connectivity index is 1.47. The van der Waals surface area contributed by atoms with E-state index in [1.165, 1.54) is 31.4 Å². The number of benzene rings is 2. The lowest BCUT2D eigenvalue weighted by Gasteiger charge is -2.08. The number of ketones is 1. The topological polar surface area (TPSA) is 77.7 Å². The van der Waals surface area contributed by atoms with Crippen LogP contribution in [-0.4, -0.2) is 30.7 Å². The lowest BCUT2D eigenvalue weighted by molar-refractivity contribution is 0.0982. The molecule has 0 aliphatic heterocycles. The fraction of sp³-hybridized carbons (Fsp3) is 0.130. The largest absolute Gasteiger partial charge is 0.497 e. The molecular weight excluding hydrogens is 400 g/mol. The van der Waals surface area contributed by atoms with Crippen molar-refractivity contribution < 1.29 is 17.9 Å². The number of fused-ring (bicyclic) bond motifs is 1. The number of hydrogen-bond acceptors (Lipinski definition) is 5. The van der Waals surface area contributed by atoms with Gasteiger partial charge < -0.3 is 9.14 Å². The van der Waals surface area contributed by atoms with Crippen molar-refractivity contribution >= 4 is 21.3 Å². The van der Waals surface area contributed by atoms with Crippen LogP contribution in [0.2, 0.25) is 0 Å². The first-order valence-electron chi connectivity index (χ1n) is 9.41. The van der Waals surface area contributed by atoms with Gasteiger partial charge in [-0.2, -0.15) is 0 Å². The number of nitrogens with zero attached hydrogens (tertiary/aromatic N) is 2. The van der Waals surface area contributed by atoms with Crippen LogP contribution in [0, 0.1) is 0 Å². The second kappa shape index (κ2) is 8.12. The summed E-state index contributed by atoms with van der Waals surface area (Å²) < 4.78 is 32.7. The molecule has 2 aromatic carbocycles. The Morgan fingerprint density at radius 3 is 2.60 bits per heavy atom. The van der Waals surface area contributed by atoms with Crippen LogP contribution in [0.25, 0.3) is 5.65 Å². The van der Waals surface area contributed by atoms with E-state index in [1.54, 1.807) is 30.5 Å². The molecule has 6 nitrogen and oxygen atoms in total. The number of carbonyl (C=O) groups excluding carboxylic acids is 1. The van der Waals surface area contributed by atoms with Crippen molar-refractivity contribution in [3.8, 4) is 5.75 Å². The summed E-state index contributed by atoms with van der Waals surface area (Å²) in [4.78, 5) is 17.0. The molecule has 4 aromatic rings. The highest BCUT2D eigenvalue weighted by atomic mass is 32.2. The number of imidazole rings is 1. The molecule has 0 saturated carbocycles. The molecule has 0 unspecified atom stereocenters. The Morgan fingerprint density at radius 1 is 1.03 bits per heavy atom. The van der Waals surface area contributed by atoms with Gasteiger partial charge in [0.15, 0.2) is 5.78 Å². The number of rotatable bonds is 7. The SMILES string of the molecule is COc1cccc(S(=O)(=O)c2ccc(C(=O)CCc3ccc4nccn4c3)cc2)c1. The van der Waals surface area contributed by atoms with Crippen LogP contribution in [0.15, 0.2) is 89.0 Å². The fourth-order valence-corrected chi connectivity index (χ4v) is 4.54. The van der Waals surface area contributed by atoms with Crippen LogP contribution >= 0.6 is 0 Å². The normalized spacial score (nSPS) is 11.5. The number of pyridine rings is 1. The molecule has 7 heteroatoms. The van der Waals surface area contributed by atoms with Crippen molar-refractivity contribution in [2.75, 3.05) is 7.11 Å². The minimum Gasteiger partial charge on any atom is -0.497 e. The number of sulfone groups is 1. The van der Waals surface area contributed by atoms with E-state index in [2.05, 4.69) is 4.98 Å². The summed E-state index contributed by atoms with van der Waals surface area (Å²) in [6, 6.07) is 16.3. The Labute approximate surface area is 174 Å². The summed E-state index contributed by atoms with van der Waals surface area (Å²) in [7, 11) is -2.20. The average Bonchev–Trinajstić information content (AvgIpc) is 3.25. The van der Waals surface area contributed by atoms with E-state index in [0.717, 1.165) is 11.2 Å². The monoisotopic (exact) mass is 420 g/mol. The summed E-state index contributed by atoms with van der Waals surface area (Å²) in [5, 5.41) is 0. The number of methoxy groups -OCH3 is 1. The molecule has 0 saturated heterocycles. The highest BCUT2D eigenvalue weighted by molar-refractivity contribution is 7.91. The molecule has 30 heavy (non-hydrogen) atoms. The molecule has 0 N–H and O–H groups in total. The Kier molecular flexibility index (Phi) is 5.37. The van der Waals surface area contributed by atoms with E-state index < -0.39 is 9.84 Å². The van der Waals surface area contributed by atoms with Gasteiger partial charge in [0.2, 0.25) is 9.84 Å². The summed E-state index contributed by atoms with van der Waals surface area (Å²) in [6.07, 6.45) is 6.48. The lowest BCUT2D eigenvalue weighted by atomic mass is 10.0. The van der Waals surface area contributed by atoms with E-state index >= 15 is 0 Å². The first-order chi connectivity index (χ1) is 14.5. The summed E-state index contributed by atoms with van der Waals surface area (Å²) in [5.74, 6) is 0.433. The minimum absolute atomic E-state index is 0.0361. The van der Waals surface area contributed by atoms with Crippen LogP contribution in [0.1, 0.15) is 22.3 Å². The second-order valence-electron chi connectivity index (χ2n) is 6.86. The predicted octanol–water partition coefficient (Wildman–Crippen LogP) is 3.99. The van der Waals surface area contributed by atoms with Crippen LogP contribution in [0.4, 0.5) is 0 Å². The van der Waals surface area contributed by atoms with Gasteiger partial charge in [0.05, 0.1) is 16.9 Å². The van der Waals surface area contributed by atoms with Gasteiger partial charge in [-0.3, -0.25) is 4.79 Å². The third-order valence-electron chi connectivity index (χ3n) is 4.93. The Hall–Kier alpha value is -3.45. The van der Waals surface area contributed by atoms with Crippen molar-refractivity contribution in [3.05, 3.63) is 90.4 Å². The van der Waals surface area contributed by atoms with Crippen molar-refractivity contribution in [2.24, 2.45) is 0 Å². The molecule has 0 amide bonds. The van der Waals surface area contributed by atoms with E-state index in [0.29, 0.717) is 24.2 Å². The lowest BCUT2D eigenvalue weighted by Crippen LogP contribution is -2.05. The average molecular weight is 420 g/mol. The number of Topliss-reactive ketones (excluding diaryl/α,β-unsaturated/α-hetero) is 1. The number of ether oxygens (including phenoxy) is 1. The minimum atomic E-state index is -3.68. The molecule has 0 fully saturated rings. The van der Waals surface area contributed by atoms with Gasteiger partial charge in [0.1, 0.15) is 11.4 Å². The van der Waals surface area contributed by atoms with Crippen LogP contribution in [0.3, 0.4) is 0 Å². The van der Waals surface area contributed by atoms with Crippen molar-refractivity contribution in [3.63, 3.8) is 0 Å². The summed E-state index contributed by atoms with van der Waals surface area (Å²) >= 11 is 0. The maximum atomic E-state index is 12.8. The number of hydrogen-bond donors (Lipinski definition) is 0. The van der Waals surface area contributed by atoms with E-state index in [1.807, 2.05) is 28.9 Å².